The van der Waals surface area contributed by atoms with Crippen LogP contribution in [0.2, 0.25) is 0 Å². The van der Waals surface area contributed by atoms with E-state index < -0.39 is 23.8 Å². The van der Waals surface area contributed by atoms with E-state index in [4.69, 9.17) is 9.84 Å². The molecule has 2 fully saturated rings. The maximum absolute atomic E-state index is 13.4. The quantitative estimate of drug-likeness (QED) is 0.439. The zero-order chi connectivity index (χ0) is 25.3. The molecule has 0 aliphatic heterocycles. The lowest BCUT2D eigenvalue weighted by Gasteiger charge is -2.27. The first kappa shape index (κ1) is 25.0. The van der Waals surface area contributed by atoms with E-state index in [1.54, 1.807) is 31.7 Å². The van der Waals surface area contributed by atoms with Gasteiger partial charge in [-0.05, 0) is 63.2 Å². The number of carboxylic acid groups (broad SMARTS) is 1. The lowest BCUT2D eigenvalue weighted by Crippen LogP contribution is -2.41. The zero-order valence-corrected chi connectivity index (χ0v) is 20.9. The summed E-state index contributed by atoms with van der Waals surface area (Å²) in [5.41, 5.74) is 0.959. The number of aliphatic carboxylic acids is 1. The van der Waals surface area contributed by atoms with E-state index in [9.17, 15) is 14.4 Å². The van der Waals surface area contributed by atoms with Crippen LogP contribution in [0.25, 0.3) is 6.20 Å². The Balaban J connectivity index is 1.51. The van der Waals surface area contributed by atoms with Gasteiger partial charge in [-0.1, -0.05) is 31.6 Å². The van der Waals surface area contributed by atoms with Crippen LogP contribution in [0.15, 0.2) is 23.9 Å². The molecule has 4 unspecified atom stereocenters. The monoisotopic (exact) mass is 484 g/mol. The fourth-order valence-corrected chi connectivity index (χ4v) is 5.10. The van der Waals surface area contributed by atoms with Crippen molar-refractivity contribution < 1.29 is 24.2 Å². The van der Waals surface area contributed by atoms with Gasteiger partial charge in [-0.2, -0.15) is 5.10 Å². The number of fused-ring (bicyclic) bond motifs is 2. The van der Waals surface area contributed by atoms with Crippen LogP contribution in [0, 0.1) is 29.1 Å². The molecule has 1 aromatic heterocycles. The predicted molar refractivity (Wildman–Crippen MR) is 131 cm³/mol. The van der Waals surface area contributed by atoms with Crippen molar-refractivity contribution in [3.63, 3.8) is 0 Å². The first-order valence-corrected chi connectivity index (χ1v) is 12.5. The number of aromatic nitrogens is 2. The van der Waals surface area contributed by atoms with Gasteiger partial charge in [0, 0.05) is 12.2 Å². The average molecular weight is 485 g/mol. The number of carboxylic acids is 1. The molecule has 9 heteroatoms. The molecule has 4 atom stereocenters. The van der Waals surface area contributed by atoms with Crippen molar-refractivity contribution in [2.45, 2.75) is 59.4 Å². The second kappa shape index (κ2) is 9.87. The standard InChI is InChI=1S/C26H36N4O5/c1-15(2)14-35-24-20(12-28-30(24)10-9-26(3,4)25(34)27-13-21(31)32)23(33)29-22-17-7-5-16(6-8-17)18-11-19(18)22/h5,9-10,12,15,17-19,22H,6-8,11,13-14H2,1-4H3,(H,27,34)(H,29,33)(H,31,32)/b10-9+. The van der Waals surface area contributed by atoms with E-state index in [0.717, 1.165) is 25.7 Å². The van der Waals surface area contributed by atoms with Gasteiger partial charge in [0.15, 0.2) is 0 Å². The third-order valence-electron chi connectivity index (χ3n) is 7.24. The highest BCUT2D eigenvalue weighted by Crippen LogP contribution is 2.55. The maximum Gasteiger partial charge on any atom is 0.322 e. The summed E-state index contributed by atoms with van der Waals surface area (Å²) >= 11 is 0. The van der Waals surface area contributed by atoms with Gasteiger partial charge in [0.25, 0.3) is 5.91 Å². The summed E-state index contributed by atoms with van der Waals surface area (Å²) in [6.07, 6.45) is 11.6. The molecule has 0 aromatic carbocycles. The van der Waals surface area contributed by atoms with Crippen molar-refractivity contribution in [3.8, 4) is 5.88 Å². The summed E-state index contributed by atoms with van der Waals surface area (Å²) in [7, 11) is 0. The Morgan fingerprint density at radius 3 is 2.77 bits per heavy atom. The molecule has 5 rings (SSSR count). The molecule has 2 amide bonds. The molecule has 0 saturated heterocycles. The summed E-state index contributed by atoms with van der Waals surface area (Å²) in [6.45, 7) is 7.35. The van der Waals surface area contributed by atoms with Gasteiger partial charge in [0.05, 0.1) is 18.2 Å². The highest BCUT2D eigenvalue weighted by atomic mass is 16.5. The molecule has 4 aliphatic carbocycles. The number of ether oxygens (including phenoxy) is 1. The van der Waals surface area contributed by atoms with E-state index in [0.29, 0.717) is 35.8 Å². The largest absolute Gasteiger partial charge is 0.480 e. The maximum atomic E-state index is 13.4. The van der Waals surface area contributed by atoms with E-state index in [-0.39, 0.29) is 17.9 Å². The molecule has 9 nitrogen and oxygen atoms in total. The number of amides is 2. The van der Waals surface area contributed by atoms with Crippen LogP contribution >= 0.6 is 0 Å². The topological polar surface area (TPSA) is 123 Å². The van der Waals surface area contributed by atoms with E-state index in [1.807, 2.05) is 13.8 Å². The number of rotatable bonds is 10. The van der Waals surface area contributed by atoms with Crippen LogP contribution in [0.1, 0.15) is 63.7 Å². The molecular weight excluding hydrogens is 448 g/mol. The molecule has 0 radical (unpaired) electrons. The third kappa shape index (κ3) is 5.60. The van der Waals surface area contributed by atoms with Crippen LogP contribution < -0.4 is 15.4 Å². The Kier molecular flexibility index (Phi) is 7.05. The second-order valence-corrected chi connectivity index (χ2v) is 10.9. The van der Waals surface area contributed by atoms with E-state index in [2.05, 4.69) is 21.8 Å². The molecule has 2 saturated carbocycles. The number of allylic oxidation sites excluding steroid dienone is 2. The molecule has 3 N–H and O–H groups in total. The predicted octanol–water partition coefficient (Wildman–Crippen LogP) is 3.09. The highest BCUT2D eigenvalue weighted by molar-refractivity contribution is 5.96. The number of nitrogens with zero attached hydrogens (tertiary/aromatic N) is 2. The Hall–Kier alpha value is -3.10. The van der Waals surface area contributed by atoms with Crippen molar-refractivity contribution in [1.82, 2.24) is 20.4 Å². The summed E-state index contributed by atoms with van der Waals surface area (Å²) in [6, 6.07) is 0.164. The van der Waals surface area contributed by atoms with Crippen LogP contribution in [-0.4, -0.2) is 51.9 Å². The zero-order valence-electron chi connectivity index (χ0n) is 20.9. The molecule has 1 heterocycles. The minimum absolute atomic E-state index is 0.164. The third-order valence-corrected chi connectivity index (χ3v) is 7.24. The van der Waals surface area contributed by atoms with Crippen molar-refractivity contribution in [3.05, 3.63) is 29.5 Å². The van der Waals surface area contributed by atoms with E-state index >= 15 is 0 Å². The van der Waals surface area contributed by atoms with Crippen LogP contribution in [0.3, 0.4) is 0 Å². The Morgan fingerprint density at radius 2 is 2.11 bits per heavy atom. The first-order chi connectivity index (χ1) is 16.6. The van der Waals surface area contributed by atoms with Crippen molar-refractivity contribution in [1.29, 1.82) is 0 Å². The van der Waals surface area contributed by atoms with Crippen LogP contribution in [0.5, 0.6) is 5.88 Å². The number of hydrogen-bond acceptors (Lipinski definition) is 5. The Labute approximate surface area is 206 Å². The lowest BCUT2D eigenvalue weighted by molar-refractivity contribution is -0.139. The SMILES string of the molecule is CC(C)COc1c(C(=O)NC2C3CC=C(CC3)C3CC32)cnn1/C=C/C(C)(C)C(=O)NCC(=O)O. The Bertz CT molecular complexity index is 1050. The van der Waals surface area contributed by atoms with Gasteiger partial charge in [-0.15, -0.1) is 0 Å². The summed E-state index contributed by atoms with van der Waals surface area (Å²) in [4.78, 5) is 36.6. The highest BCUT2D eigenvalue weighted by Gasteiger charge is 2.51. The summed E-state index contributed by atoms with van der Waals surface area (Å²) in [5.74, 6) is 0.482. The average Bonchev–Trinajstić information content (AvgIpc) is 3.53. The van der Waals surface area contributed by atoms with Crippen molar-refractivity contribution >= 4 is 24.0 Å². The van der Waals surface area contributed by atoms with E-state index in [1.165, 1.54) is 10.9 Å². The fraction of sp³-hybridized carbons (Fsp3) is 0.615. The molecule has 190 valence electrons. The van der Waals surface area contributed by atoms with Crippen LogP contribution in [0.4, 0.5) is 0 Å². The minimum atomic E-state index is -1.11. The molecule has 1 aromatic rings. The van der Waals surface area contributed by atoms with Gasteiger partial charge >= 0.3 is 5.97 Å². The van der Waals surface area contributed by atoms with Gasteiger partial charge in [-0.3, -0.25) is 14.4 Å². The molecule has 4 aliphatic rings. The lowest BCUT2D eigenvalue weighted by atomic mass is 9.85. The number of carbonyl (C=O) groups is 3. The summed E-state index contributed by atoms with van der Waals surface area (Å²) < 4.78 is 7.47. The molecular formula is C26H36N4O5. The van der Waals surface area contributed by atoms with Gasteiger partial charge in [0.2, 0.25) is 11.8 Å². The number of carbonyl (C=O) groups excluding carboxylic acids is 2. The van der Waals surface area contributed by atoms with Crippen molar-refractivity contribution in [2.24, 2.45) is 29.1 Å². The molecule has 35 heavy (non-hydrogen) atoms. The first-order valence-electron chi connectivity index (χ1n) is 12.5. The smallest absolute Gasteiger partial charge is 0.322 e. The molecule has 0 spiro atoms. The van der Waals surface area contributed by atoms with Crippen molar-refractivity contribution in [2.75, 3.05) is 13.2 Å². The van der Waals surface area contributed by atoms with Gasteiger partial charge in [0.1, 0.15) is 12.1 Å². The summed E-state index contributed by atoms with van der Waals surface area (Å²) in [5, 5.41) is 18.9. The van der Waals surface area contributed by atoms with Crippen LogP contribution in [-0.2, 0) is 9.59 Å². The Morgan fingerprint density at radius 1 is 1.34 bits per heavy atom. The van der Waals surface area contributed by atoms with Gasteiger partial charge < -0.3 is 20.5 Å². The second-order valence-electron chi connectivity index (χ2n) is 10.9. The normalized spacial score (nSPS) is 25.1. The van der Waals surface area contributed by atoms with Gasteiger partial charge in [-0.25, -0.2) is 4.68 Å². The number of nitrogens with one attached hydrogen (secondary N) is 2. The molecule has 2 bridgehead atoms. The number of hydrogen-bond donors (Lipinski definition) is 3. The fourth-order valence-electron chi connectivity index (χ4n) is 5.10. The minimum Gasteiger partial charge on any atom is -0.480 e.